The highest BCUT2D eigenvalue weighted by molar-refractivity contribution is 5.79. The van der Waals surface area contributed by atoms with Gasteiger partial charge in [0.2, 0.25) is 0 Å². The summed E-state index contributed by atoms with van der Waals surface area (Å²) in [7, 11) is 3.92. The van der Waals surface area contributed by atoms with Crippen LogP contribution in [0.2, 0.25) is 0 Å². The molecule has 0 saturated carbocycles. The maximum atomic E-state index is 4.43. The predicted molar refractivity (Wildman–Crippen MR) is 80.6 cm³/mol. The van der Waals surface area contributed by atoms with E-state index in [0.29, 0.717) is 0 Å². The number of nitrogens with one attached hydrogen (secondary N) is 1. The molecule has 20 heavy (non-hydrogen) atoms. The van der Waals surface area contributed by atoms with E-state index >= 15 is 0 Å². The van der Waals surface area contributed by atoms with Gasteiger partial charge >= 0.3 is 0 Å². The van der Waals surface area contributed by atoms with Crippen LogP contribution in [0, 0.1) is 6.92 Å². The van der Waals surface area contributed by atoms with Crippen LogP contribution >= 0.6 is 0 Å². The summed E-state index contributed by atoms with van der Waals surface area (Å²) < 4.78 is 1.86. The van der Waals surface area contributed by atoms with Gasteiger partial charge < -0.3 is 5.32 Å². The Bertz CT molecular complexity index is 745. The molecule has 3 aromatic rings. The van der Waals surface area contributed by atoms with Crippen molar-refractivity contribution in [2.45, 2.75) is 13.0 Å². The second-order valence-electron chi connectivity index (χ2n) is 5.02. The van der Waals surface area contributed by atoms with Gasteiger partial charge in [0, 0.05) is 30.4 Å². The van der Waals surface area contributed by atoms with Crippen LogP contribution in [0.15, 0.2) is 42.7 Å². The first-order chi connectivity index (χ1) is 9.69. The first-order valence-electron chi connectivity index (χ1n) is 6.71. The molecular formula is C16H18N4. The van der Waals surface area contributed by atoms with Crippen LogP contribution in [0.1, 0.15) is 22.9 Å². The van der Waals surface area contributed by atoms with Crippen LogP contribution in [0.25, 0.3) is 10.9 Å². The highest BCUT2D eigenvalue weighted by Gasteiger charge is 2.17. The number of nitrogens with zero attached hydrogens (tertiary/aromatic N) is 3. The van der Waals surface area contributed by atoms with Crippen molar-refractivity contribution in [3.63, 3.8) is 0 Å². The fourth-order valence-electron chi connectivity index (χ4n) is 2.67. The van der Waals surface area contributed by atoms with Gasteiger partial charge in [0.05, 0.1) is 17.3 Å². The number of aromatic nitrogens is 3. The lowest BCUT2D eigenvalue weighted by atomic mass is 9.98. The third kappa shape index (κ3) is 2.18. The number of fused-ring (bicyclic) bond motifs is 1. The average Bonchev–Trinajstić information content (AvgIpc) is 2.78. The van der Waals surface area contributed by atoms with Crippen molar-refractivity contribution in [2.24, 2.45) is 7.05 Å². The number of rotatable bonds is 3. The highest BCUT2D eigenvalue weighted by Crippen LogP contribution is 2.26. The summed E-state index contributed by atoms with van der Waals surface area (Å²) in [4.78, 5) is 4.43. The monoisotopic (exact) mass is 266 g/mol. The second-order valence-corrected chi connectivity index (χ2v) is 5.02. The fourth-order valence-corrected chi connectivity index (χ4v) is 2.67. The molecule has 2 aromatic heterocycles. The van der Waals surface area contributed by atoms with E-state index in [1.165, 1.54) is 11.1 Å². The Labute approximate surface area is 118 Å². The summed E-state index contributed by atoms with van der Waals surface area (Å²) in [5.74, 6) is 0. The fraction of sp³-hybridized carbons (Fsp3) is 0.250. The number of benzene rings is 1. The van der Waals surface area contributed by atoms with Crippen LogP contribution < -0.4 is 5.32 Å². The Morgan fingerprint density at radius 2 is 2.10 bits per heavy atom. The van der Waals surface area contributed by atoms with Crippen molar-refractivity contribution in [3.8, 4) is 0 Å². The quantitative estimate of drug-likeness (QED) is 0.792. The Hall–Kier alpha value is -2.20. The van der Waals surface area contributed by atoms with Crippen molar-refractivity contribution in [1.29, 1.82) is 0 Å². The van der Waals surface area contributed by atoms with Gasteiger partial charge in [-0.05, 0) is 31.7 Å². The third-order valence-corrected chi connectivity index (χ3v) is 3.61. The van der Waals surface area contributed by atoms with E-state index < -0.39 is 0 Å². The molecule has 1 unspecified atom stereocenters. The molecule has 4 heteroatoms. The van der Waals surface area contributed by atoms with Gasteiger partial charge in [-0.2, -0.15) is 5.10 Å². The van der Waals surface area contributed by atoms with Gasteiger partial charge in [-0.15, -0.1) is 0 Å². The molecule has 102 valence electrons. The van der Waals surface area contributed by atoms with Crippen molar-refractivity contribution in [2.75, 3.05) is 7.05 Å². The maximum Gasteiger partial charge on any atom is 0.0705 e. The summed E-state index contributed by atoms with van der Waals surface area (Å²) >= 11 is 0. The van der Waals surface area contributed by atoms with Gasteiger partial charge in [-0.3, -0.25) is 9.67 Å². The molecule has 0 fully saturated rings. The number of hydrogen-bond acceptors (Lipinski definition) is 3. The largest absolute Gasteiger partial charge is 0.309 e. The molecule has 1 N–H and O–H groups in total. The summed E-state index contributed by atoms with van der Waals surface area (Å²) in [5, 5.41) is 8.96. The third-order valence-electron chi connectivity index (χ3n) is 3.61. The van der Waals surface area contributed by atoms with Crippen molar-refractivity contribution < 1.29 is 0 Å². The average molecular weight is 266 g/mol. The lowest BCUT2D eigenvalue weighted by molar-refractivity contribution is 0.687. The Kier molecular flexibility index (Phi) is 3.24. The van der Waals surface area contributed by atoms with E-state index in [-0.39, 0.29) is 6.04 Å². The van der Waals surface area contributed by atoms with Crippen LogP contribution in [0.4, 0.5) is 0 Å². The van der Waals surface area contributed by atoms with E-state index in [9.17, 15) is 0 Å². The zero-order valence-corrected chi connectivity index (χ0v) is 12.0. The molecule has 0 aliphatic heterocycles. The Morgan fingerprint density at radius 1 is 1.25 bits per heavy atom. The SMILES string of the molecule is CNC(c1ccc2cccnc2c1)c1cn(C)nc1C. The molecule has 1 aromatic carbocycles. The van der Waals surface area contributed by atoms with E-state index in [2.05, 4.69) is 45.9 Å². The molecule has 0 bridgehead atoms. The minimum atomic E-state index is 0.134. The molecule has 0 saturated heterocycles. The summed E-state index contributed by atoms with van der Waals surface area (Å²) in [6.07, 6.45) is 3.90. The van der Waals surface area contributed by atoms with Crippen molar-refractivity contribution in [1.82, 2.24) is 20.1 Å². The topological polar surface area (TPSA) is 42.7 Å². The summed E-state index contributed by atoms with van der Waals surface area (Å²) in [6.45, 7) is 2.04. The number of pyridine rings is 1. The molecular weight excluding hydrogens is 248 g/mol. The summed E-state index contributed by atoms with van der Waals surface area (Å²) in [5.41, 5.74) is 4.47. The predicted octanol–water partition coefficient (Wildman–Crippen LogP) is 2.59. The zero-order chi connectivity index (χ0) is 14.1. The molecule has 0 aliphatic carbocycles. The van der Waals surface area contributed by atoms with Gasteiger partial charge in [-0.25, -0.2) is 0 Å². The molecule has 0 radical (unpaired) electrons. The lowest BCUT2D eigenvalue weighted by Crippen LogP contribution is -2.18. The first-order valence-corrected chi connectivity index (χ1v) is 6.71. The van der Waals surface area contributed by atoms with Crippen molar-refractivity contribution >= 4 is 10.9 Å². The molecule has 0 spiro atoms. The Balaban J connectivity index is 2.09. The standard InChI is InChI=1S/C16H18N4/c1-11-14(10-20(3)19-11)16(17-2)13-7-6-12-5-4-8-18-15(12)9-13/h4-10,16-17H,1-3H3. The molecule has 0 aliphatic rings. The van der Waals surface area contributed by atoms with E-state index in [1.54, 1.807) is 0 Å². The molecule has 1 atom stereocenters. The molecule has 0 amide bonds. The molecule has 4 nitrogen and oxygen atoms in total. The van der Waals surface area contributed by atoms with Gasteiger partial charge in [0.25, 0.3) is 0 Å². The van der Waals surface area contributed by atoms with Crippen LogP contribution in [0.3, 0.4) is 0 Å². The van der Waals surface area contributed by atoms with Crippen LogP contribution in [0.5, 0.6) is 0 Å². The van der Waals surface area contributed by atoms with Crippen molar-refractivity contribution in [3.05, 3.63) is 59.5 Å². The lowest BCUT2D eigenvalue weighted by Gasteiger charge is -2.16. The summed E-state index contributed by atoms with van der Waals surface area (Å²) in [6, 6.07) is 10.6. The van der Waals surface area contributed by atoms with Gasteiger partial charge in [-0.1, -0.05) is 18.2 Å². The van der Waals surface area contributed by atoms with Crippen LogP contribution in [-0.4, -0.2) is 21.8 Å². The minimum absolute atomic E-state index is 0.134. The molecule has 2 heterocycles. The normalized spacial score (nSPS) is 12.8. The number of hydrogen-bond donors (Lipinski definition) is 1. The minimum Gasteiger partial charge on any atom is -0.309 e. The van der Waals surface area contributed by atoms with Crippen LogP contribution in [-0.2, 0) is 7.05 Å². The molecule has 3 rings (SSSR count). The van der Waals surface area contributed by atoms with E-state index in [4.69, 9.17) is 0 Å². The van der Waals surface area contributed by atoms with E-state index in [0.717, 1.165) is 16.6 Å². The Morgan fingerprint density at radius 3 is 2.80 bits per heavy atom. The first kappa shape index (κ1) is 12.8. The van der Waals surface area contributed by atoms with Gasteiger partial charge in [0.1, 0.15) is 0 Å². The zero-order valence-electron chi connectivity index (χ0n) is 12.0. The highest BCUT2D eigenvalue weighted by atomic mass is 15.3. The smallest absolute Gasteiger partial charge is 0.0705 e. The van der Waals surface area contributed by atoms with E-state index in [1.807, 2.05) is 38.0 Å². The number of aryl methyl sites for hydroxylation is 2. The van der Waals surface area contributed by atoms with Gasteiger partial charge in [0.15, 0.2) is 0 Å². The maximum absolute atomic E-state index is 4.43. The second kappa shape index (κ2) is 5.06.